The molecule has 1 rings (SSSR count). The summed E-state index contributed by atoms with van der Waals surface area (Å²) in [5.41, 5.74) is 0. The standard InChI is InChI=1S/C15H31NO/c1-11(2)9-16(12(3)4)10-14-8-13(5)6-7-15(14)17/h11-15,17H,6-10H2,1-5H3. The summed E-state index contributed by atoms with van der Waals surface area (Å²) < 4.78 is 0. The molecule has 1 saturated carbocycles. The lowest BCUT2D eigenvalue weighted by Gasteiger charge is -2.37. The highest BCUT2D eigenvalue weighted by molar-refractivity contribution is 4.81. The molecule has 1 N–H and O–H groups in total. The summed E-state index contributed by atoms with van der Waals surface area (Å²) in [5, 5.41) is 10.1. The van der Waals surface area contributed by atoms with Gasteiger partial charge in [-0.25, -0.2) is 0 Å². The fourth-order valence-electron chi connectivity index (χ4n) is 2.95. The van der Waals surface area contributed by atoms with Gasteiger partial charge in [-0.3, -0.25) is 0 Å². The second-order valence-corrected chi connectivity index (χ2v) is 6.69. The Kier molecular flexibility index (Phi) is 5.94. The highest BCUT2D eigenvalue weighted by atomic mass is 16.3. The molecule has 0 aliphatic heterocycles. The molecule has 2 heteroatoms. The van der Waals surface area contributed by atoms with Crippen molar-refractivity contribution in [2.24, 2.45) is 17.8 Å². The second-order valence-electron chi connectivity index (χ2n) is 6.69. The van der Waals surface area contributed by atoms with E-state index in [9.17, 15) is 5.11 Å². The van der Waals surface area contributed by atoms with Gasteiger partial charge in [-0.1, -0.05) is 20.8 Å². The minimum atomic E-state index is -0.0698. The molecule has 17 heavy (non-hydrogen) atoms. The van der Waals surface area contributed by atoms with Crippen LogP contribution >= 0.6 is 0 Å². The van der Waals surface area contributed by atoms with E-state index in [1.165, 1.54) is 12.8 Å². The Morgan fingerprint density at radius 1 is 1.18 bits per heavy atom. The number of nitrogens with zero attached hydrogens (tertiary/aromatic N) is 1. The molecule has 0 spiro atoms. The first-order valence-corrected chi connectivity index (χ1v) is 7.32. The van der Waals surface area contributed by atoms with Crippen molar-refractivity contribution in [3.63, 3.8) is 0 Å². The molecule has 0 aromatic heterocycles. The molecule has 0 amide bonds. The summed E-state index contributed by atoms with van der Waals surface area (Å²) in [6, 6.07) is 0.585. The van der Waals surface area contributed by atoms with E-state index in [1.54, 1.807) is 0 Å². The van der Waals surface area contributed by atoms with Crippen LogP contribution in [0.4, 0.5) is 0 Å². The maximum atomic E-state index is 10.1. The van der Waals surface area contributed by atoms with E-state index in [1.807, 2.05) is 0 Å². The normalized spacial score (nSPS) is 30.5. The zero-order valence-corrected chi connectivity index (χ0v) is 12.3. The molecule has 0 aromatic rings. The zero-order chi connectivity index (χ0) is 13.0. The second kappa shape index (κ2) is 6.75. The van der Waals surface area contributed by atoms with Crippen LogP contribution in [-0.2, 0) is 0 Å². The Balaban J connectivity index is 2.52. The van der Waals surface area contributed by atoms with Crippen LogP contribution in [-0.4, -0.2) is 35.2 Å². The van der Waals surface area contributed by atoms with Gasteiger partial charge < -0.3 is 10.0 Å². The van der Waals surface area contributed by atoms with E-state index in [0.29, 0.717) is 17.9 Å². The Labute approximate surface area is 107 Å². The van der Waals surface area contributed by atoms with Crippen molar-refractivity contribution >= 4 is 0 Å². The smallest absolute Gasteiger partial charge is 0.0580 e. The van der Waals surface area contributed by atoms with Gasteiger partial charge in [-0.15, -0.1) is 0 Å². The van der Waals surface area contributed by atoms with Gasteiger partial charge >= 0.3 is 0 Å². The molecular formula is C15H31NO. The van der Waals surface area contributed by atoms with E-state index in [4.69, 9.17) is 0 Å². The van der Waals surface area contributed by atoms with Crippen LogP contribution in [0.25, 0.3) is 0 Å². The van der Waals surface area contributed by atoms with Gasteiger partial charge in [-0.05, 0) is 50.9 Å². The summed E-state index contributed by atoms with van der Waals surface area (Å²) in [6.45, 7) is 13.6. The molecule has 0 aromatic carbocycles. The topological polar surface area (TPSA) is 23.5 Å². The highest BCUT2D eigenvalue weighted by Crippen LogP contribution is 2.30. The van der Waals surface area contributed by atoms with Crippen LogP contribution in [0.3, 0.4) is 0 Å². The summed E-state index contributed by atoms with van der Waals surface area (Å²) in [6.07, 6.45) is 3.32. The van der Waals surface area contributed by atoms with Crippen molar-refractivity contribution in [1.82, 2.24) is 4.90 Å². The summed E-state index contributed by atoms with van der Waals surface area (Å²) in [5.74, 6) is 1.98. The van der Waals surface area contributed by atoms with Crippen LogP contribution in [0.15, 0.2) is 0 Å². The fourth-order valence-corrected chi connectivity index (χ4v) is 2.95. The quantitative estimate of drug-likeness (QED) is 0.799. The van der Waals surface area contributed by atoms with Gasteiger partial charge in [-0.2, -0.15) is 0 Å². The number of aliphatic hydroxyl groups is 1. The average molecular weight is 241 g/mol. The molecule has 3 atom stereocenters. The highest BCUT2D eigenvalue weighted by Gasteiger charge is 2.29. The first-order valence-electron chi connectivity index (χ1n) is 7.32. The number of hydrogen-bond acceptors (Lipinski definition) is 2. The van der Waals surface area contributed by atoms with Gasteiger partial charge in [0.1, 0.15) is 0 Å². The van der Waals surface area contributed by atoms with Crippen LogP contribution in [0.5, 0.6) is 0 Å². The summed E-state index contributed by atoms with van der Waals surface area (Å²) >= 11 is 0. The molecule has 1 fully saturated rings. The predicted octanol–water partition coefficient (Wildman–Crippen LogP) is 3.15. The van der Waals surface area contributed by atoms with E-state index in [2.05, 4.69) is 39.5 Å². The van der Waals surface area contributed by atoms with Gasteiger partial charge in [0.05, 0.1) is 6.10 Å². The maximum Gasteiger partial charge on any atom is 0.0580 e. The predicted molar refractivity (Wildman–Crippen MR) is 74.1 cm³/mol. The average Bonchev–Trinajstić information content (AvgIpc) is 2.21. The van der Waals surface area contributed by atoms with Crippen LogP contribution in [0, 0.1) is 17.8 Å². The van der Waals surface area contributed by atoms with Gasteiger partial charge in [0.2, 0.25) is 0 Å². The lowest BCUT2D eigenvalue weighted by atomic mass is 9.80. The van der Waals surface area contributed by atoms with Gasteiger partial charge in [0.15, 0.2) is 0 Å². The van der Waals surface area contributed by atoms with E-state index in [-0.39, 0.29) is 6.10 Å². The Bertz CT molecular complexity index is 213. The van der Waals surface area contributed by atoms with E-state index in [0.717, 1.165) is 25.4 Å². The first kappa shape index (κ1) is 15.0. The third-order valence-electron chi connectivity index (χ3n) is 4.00. The van der Waals surface area contributed by atoms with Gasteiger partial charge in [0.25, 0.3) is 0 Å². The largest absolute Gasteiger partial charge is 0.393 e. The molecule has 3 unspecified atom stereocenters. The Hall–Kier alpha value is -0.0800. The van der Waals surface area contributed by atoms with Crippen molar-refractivity contribution in [2.75, 3.05) is 13.1 Å². The zero-order valence-electron chi connectivity index (χ0n) is 12.3. The van der Waals surface area contributed by atoms with Crippen molar-refractivity contribution < 1.29 is 5.11 Å². The lowest BCUT2D eigenvalue weighted by Crippen LogP contribution is -2.43. The molecule has 0 heterocycles. The Morgan fingerprint density at radius 2 is 1.82 bits per heavy atom. The maximum absolute atomic E-state index is 10.1. The Morgan fingerprint density at radius 3 is 2.35 bits per heavy atom. The lowest BCUT2D eigenvalue weighted by molar-refractivity contribution is 0.0220. The summed E-state index contributed by atoms with van der Waals surface area (Å²) in [4.78, 5) is 2.54. The number of aliphatic hydroxyl groups excluding tert-OH is 1. The van der Waals surface area contributed by atoms with E-state index < -0.39 is 0 Å². The molecule has 0 radical (unpaired) electrons. The third-order valence-corrected chi connectivity index (χ3v) is 4.00. The van der Waals surface area contributed by atoms with Crippen molar-refractivity contribution in [2.45, 2.75) is 66.0 Å². The van der Waals surface area contributed by atoms with Crippen molar-refractivity contribution in [3.8, 4) is 0 Å². The van der Waals surface area contributed by atoms with Crippen LogP contribution < -0.4 is 0 Å². The molecular weight excluding hydrogens is 210 g/mol. The molecule has 102 valence electrons. The fraction of sp³-hybridized carbons (Fsp3) is 1.00. The van der Waals surface area contributed by atoms with Crippen molar-refractivity contribution in [1.29, 1.82) is 0 Å². The number of rotatable bonds is 5. The van der Waals surface area contributed by atoms with Crippen molar-refractivity contribution in [3.05, 3.63) is 0 Å². The molecule has 0 bridgehead atoms. The van der Waals surface area contributed by atoms with Crippen LogP contribution in [0.1, 0.15) is 53.9 Å². The van der Waals surface area contributed by atoms with Crippen LogP contribution in [0.2, 0.25) is 0 Å². The minimum Gasteiger partial charge on any atom is -0.393 e. The molecule has 1 aliphatic rings. The SMILES string of the molecule is CC(C)CN(CC1CC(C)CCC1O)C(C)C. The summed E-state index contributed by atoms with van der Waals surface area (Å²) in [7, 11) is 0. The van der Waals surface area contributed by atoms with Gasteiger partial charge in [0, 0.05) is 19.1 Å². The molecule has 2 nitrogen and oxygen atoms in total. The first-order chi connectivity index (χ1) is 7.90. The third kappa shape index (κ3) is 4.97. The molecule has 1 aliphatic carbocycles. The van der Waals surface area contributed by atoms with E-state index >= 15 is 0 Å². The minimum absolute atomic E-state index is 0.0698. The monoisotopic (exact) mass is 241 g/mol. The number of hydrogen-bond donors (Lipinski definition) is 1. The molecule has 0 saturated heterocycles.